The van der Waals surface area contributed by atoms with Gasteiger partial charge in [-0.05, 0) is 36.5 Å². The van der Waals surface area contributed by atoms with Crippen molar-refractivity contribution in [3.05, 3.63) is 57.8 Å². The fraction of sp³-hybridized carbons (Fsp3) is 0.444. The summed E-state index contributed by atoms with van der Waals surface area (Å²) in [6.45, 7) is 8.58. The lowest BCUT2D eigenvalue weighted by Crippen LogP contribution is -2.25. The number of nitrogens with one attached hydrogen (secondary N) is 1. The maximum Gasteiger partial charge on any atom is 0.0413 e. The standard InChI is InChI=1S/C18H26N2S/c1-14(2)19-12-16-8-5-6-9-17(16)13-20(4)15(3)18-10-7-11-21-18/h5-11,14-15,19H,12-13H2,1-4H3. The first-order chi connectivity index (χ1) is 10.1. The maximum absolute atomic E-state index is 3.52. The van der Waals surface area contributed by atoms with Crippen molar-refractivity contribution in [3.8, 4) is 0 Å². The van der Waals surface area contributed by atoms with Crippen LogP contribution < -0.4 is 5.32 Å². The normalized spacial score (nSPS) is 13.0. The molecule has 0 radical (unpaired) electrons. The smallest absolute Gasteiger partial charge is 0.0413 e. The molecule has 2 rings (SSSR count). The molecule has 0 aliphatic carbocycles. The van der Waals surface area contributed by atoms with E-state index in [9.17, 15) is 0 Å². The molecule has 1 unspecified atom stereocenters. The molecule has 0 saturated carbocycles. The van der Waals surface area contributed by atoms with E-state index < -0.39 is 0 Å². The van der Waals surface area contributed by atoms with Crippen LogP contribution in [0.1, 0.15) is 42.8 Å². The van der Waals surface area contributed by atoms with Crippen molar-refractivity contribution >= 4 is 11.3 Å². The van der Waals surface area contributed by atoms with Gasteiger partial charge in [-0.15, -0.1) is 11.3 Å². The summed E-state index contributed by atoms with van der Waals surface area (Å²) in [7, 11) is 2.21. The highest BCUT2D eigenvalue weighted by Gasteiger charge is 2.14. The van der Waals surface area contributed by atoms with Gasteiger partial charge in [0.2, 0.25) is 0 Å². The monoisotopic (exact) mass is 302 g/mol. The highest BCUT2D eigenvalue weighted by Crippen LogP contribution is 2.25. The Bertz CT molecular complexity index is 534. The third-order valence-electron chi connectivity index (χ3n) is 3.85. The minimum atomic E-state index is 0.455. The second-order valence-corrected chi connectivity index (χ2v) is 6.89. The third-order valence-corrected chi connectivity index (χ3v) is 4.90. The average molecular weight is 302 g/mol. The number of benzene rings is 1. The van der Waals surface area contributed by atoms with Gasteiger partial charge >= 0.3 is 0 Å². The summed E-state index contributed by atoms with van der Waals surface area (Å²) in [6.07, 6.45) is 0. The van der Waals surface area contributed by atoms with Crippen LogP contribution in [0.25, 0.3) is 0 Å². The van der Waals surface area contributed by atoms with E-state index in [-0.39, 0.29) is 0 Å². The summed E-state index contributed by atoms with van der Waals surface area (Å²) >= 11 is 1.83. The van der Waals surface area contributed by atoms with Crippen LogP contribution in [0.15, 0.2) is 41.8 Å². The summed E-state index contributed by atoms with van der Waals surface area (Å²) < 4.78 is 0. The van der Waals surface area contributed by atoms with Gasteiger partial charge in [-0.3, -0.25) is 4.90 Å². The summed E-state index contributed by atoms with van der Waals surface area (Å²) in [5.74, 6) is 0. The quantitative estimate of drug-likeness (QED) is 0.813. The second-order valence-electron chi connectivity index (χ2n) is 5.91. The Morgan fingerprint density at radius 1 is 1.05 bits per heavy atom. The SMILES string of the molecule is CC(C)NCc1ccccc1CN(C)C(C)c1cccs1. The molecule has 1 atom stereocenters. The molecule has 3 heteroatoms. The van der Waals surface area contributed by atoms with Crippen molar-refractivity contribution < 1.29 is 0 Å². The molecule has 0 bridgehead atoms. The lowest BCUT2D eigenvalue weighted by molar-refractivity contribution is 0.255. The van der Waals surface area contributed by atoms with Gasteiger partial charge in [0.25, 0.3) is 0 Å². The van der Waals surface area contributed by atoms with Gasteiger partial charge in [0.05, 0.1) is 0 Å². The van der Waals surface area contributed by atoms with E-state index in [0.29, 0.717) is 12.1 Å². The van der Waals surface area contributed by atoms with Gasteiger partial charge in [0.15, 0.2) is 0 Å². The van der Waals surface area contributed by atoms with Gasteiger partial charge in [-0.1, -0.05) is 44.2 Å². The molecular weight excluding hydrogens is 276 g/mol. The average Bonchev–Trinajstić information content (AvgIpc) is 2.99. The summed E-state index contributed by atoms with van der Waals surface area (Å²) in [5, 5.41) is 5.67. The summed E-state index contributed by atoms with van der Waals surface area (Å²) in [6, 6.07) is 14.1. The molecule has 2 nitrogen and oxygen atoms in total. The van der Waals surface area contributed by atoms with Gasteiger partial charge in [-0.2, -0.15) is 0 Å². The van der Waals surface area contributed by atoms with Crippen LogP contribution in [-0.2, 0) is 13.1 Å². The topological polar surface area (TPSA) is 15.3 Å². The molecule has 21 heavy (non-hydrogen) atoms. The molecule has 1 heterocycles. The predicted octanol–water partition coefficient (Wildman–Crippen LogP) is 4.44. The number of hydrogen-bond acceptors (Lipinski definition) is 3. The zero-order valence-electron chi connectivity index (χ0n) is 13.5. The highest BCUT2D eigenvalue weighted by atomic mass is 32.1. The Labute approximate surface area is 132 Å². The summed E-state index contributed by atoms with van der Waals surface area (Å²) in [4.78, 5) is 3.84. The predicted molar refractivity (Wildman–Crippen MR) is 92.6 cm³/mol. The third kappa shape index (κ3) is 4.67. The number of thiophene rings is 1. The van der Waals surface area contributed by atoms with Crippen LogP contribution >= 0.6 is 11.3 Å². The lowest BCUT2D eigenvalue weighted by Gasteiger charge is -2.25. The summed E-state index contributed by atoms with van der Waals surface area (Å²) in [5.41, 5.74) is 2.81. The first kappa shape index (κ1) is 16.2. The van der Waals surface area contributed by atoms with E-state index in [1.54, 1.807) is 0 Å². The van der Waals surface area contributed by atoms with E-state index in [4.69, 9.17) is 0 Å². The Balaban J connectivity index is 2.04. The lowest BCUT2D eigenvalue weighted by atomic mass is 10.1. The molecule has 0 aliphatic heterocycles. The number of nitrogens with zero attached hydrogens (tertiary/aromatic N) is 1. The first-order valence-corrected chi connectivity index (χ1v) is 8.49. The van der Waals surface area contributed by atoms with Crippen molar-refractivity contribution in [2.24, 2.45) is 0 Å². The van der Waals surface area contributed by atoms with E-state index >= 15 is 0 Å². The Morgan fingerprint density at radius 2 is 1.76 bits per heavy atom. The molecule has 0 saturated heterocycles. The fourth-order valence-corrected chi connectivity index (χ4v) is 3.20. The second kappa shape index (κ2) is 7.74. The molecule has 0 fully saturated rings. The molecule has 0 aliphatic rings. The highest BCUT2D eigenvalue weighted by molar-refractivity contribution is 7.10. The van der Waals surface area contributed by atoms with Gasteiger partial charge in [0.1, 0.15) is 0 Å². The van der Waals surface area contributed by atoms with Gasteiger partial charge < -0.3 is 5.32 Å². The molecule has 114 valence electrons. The molecule has 0 spiro atoms. The van der Waals surface area contributed by atoms with Crippen LogP contribution in [0.3, 0.4) is 0 Å². The van der Waals surface area contributed by atoms with Gasteiger partial charge in [-0.25, -0.2) is 0 Å². The van der Waals surface area contributed by atoms with Crippen molar-refractivity contribution in [1.82, 2.24) is 10.2 Å². The zero-order valence-corrected chi connectivity index (χ0v) is 14.3. The Hall–Kier alpha value is -1.16. The first-order valence-electron chi connectivity index (χ1n) is 7.61. The van der Waals surface area contributed by atoms with E-state index in [2.05, 4.69) is 79.8 Å². The molecule has 1 aromatic heterocycles. The molecular formula is C18H26N2S. The zero-order chi connectivity index (χ0) is 15.2. The largest absolute Gasteiger partial charge is 0.310 e. The van der Waals surface area contributed by atoms with Crippen molar-refractivity contribution in [2.75, 3.05) is 7.05 Å². The molecule has 2 aromatic rings. The number of rotatable bonds is 7. The van der Waals surface area contributed by atoms with E-state index in [1.165, 1.54) is 16.0 Å². The van der Waals surface area contributed by atoms with Crippen molar-refractivity contribution in [2.45, 2.75) is 45.9 Å². The van der Waals surface area contributed by atoms with Crippen LogP contribution in [-0.4, -0.2) is 18.0 Å². The van der Waals surface area contributed by atoms with E-state index in [1.807, 2.05) is 11.3 Å². The Morgan fingerprint density at radius 3 is 2.38 bits per heavy atom. The van der Waals surface area contributed by atoms with Crippen LogP contribution in [0, 0.1) is 0 Å². The fourth-order valence-electron chi connectivity index (χ4n) is 2.35. The Kier molecular flexibility index (Phi) is 5.97. The van der Waals surface area contributed by atoms with Crippen LogP contribution in [0.5, 0.6) is 0 Å². The molecule has 1 N–H and O–H groups in total. The number of hydrogen-bond donors (Lipinski definition) is 1. The maximum atomic E-state index is 3.52. The van der Waals surface area contributed by atoms with Crippen molar-refractivity contribution in [3.63, 3.8) is 0 Å². The van der Waals surface area contributed by atoms with E-state index in [0.717, 1.165) is 13.1 Å². The van der Waals surface area contributed by atoms with Gasteiger partial charge in [0, 0.05) is 30.1 Å². The van der Waals surface area contributed by atoms with Crippen LogP contribution in [0.4, 0.5) is 0 Å². The molecule has 1 aromatic carbocycles. The van der Waals surface area contributed by atoms with Crippen LogP contribution in [0.2, 0.25) is 0 Å². The minimum absolute atomic E-state index is 0.455. The van der Waals surface area contributed by atoms with Crippen molar-refractivity contribution in [1.29, 1.82) is 0 Å². The minimum Gasteiger partial charge on any atom is -0.310 e. The molecule has 0 amide bonds.